The van der Waals surface area contributed by atoms with E-state index in [2.05, 4.69) is 0 Å². The minimum absolute atomic E-state index is 0.0937. The molecule has 0 fully saturated rings. The summed E-state index contributed by atoms with van der Waals surface area (Å²) in [4.78, 5) is -0.0937. The van der Waals surface area contributed by atoms with Crippen molar-refractivity contribution in [2.75, 3.05) is 7.11 Å². The van der Waals surface area contributed by atoms with Gasteiger partial charge >= 0.3 is 0 Å². The second-order valence-corrected chi connectivity index (χ2v) is 5.72. The molecule has 0 radical (unpaired) electrons. The van der Waals surface area contributed by atoms with E-state index in [1.165, 1.54) is 19.2 Å². The van der Waals surface area contributed by atoms with Crippen LogP contribution >= 0.6 is 11.6 Å². The number of benzene rings is 1. The SMILES string of the molecule is COc1ccc([C@@H](Cl)[C@@H](C)N)cc1S(N)(=O)=O. The lowest BCUT2D eigenvalue weighted by molar-refractivity contribution is 0.402. The van der Waals surface area contributed by atoms with E-state index in [0.29, 0.717) is 5.56 Å². The van der Waals surface area contributed by atoms with Crippen LogP contribution in [0.25, 0.3) is 0 Å². The Morgan fingerprint density at radius 1 is 1.41 bits per heavy atom. The van der Waals surface area contributed by atoms with E-state index in [-0.39, 0.29) is 16.7 Å². The normalized spacial score (nSPS) is 15.4. The van der Waals surface area contributed by atoms with Crippen LogP contribution in [-0.4, -0.2) is 21.6 Å². The van der Waals surface area contributed by atoms with Crippen molar-refractivity contribution in [2.45, 2.75) is 23.2 Å². The first kappa shape index (κ1) is 14.2. The molecule has 17 heavy (non-hydrogen) atoms. The molecule has 0 amide bonds. The van der Waals surface area contributed by atoms with Crippen molar-refractivity contribution >= 4 is 21.6 Å². The van der Waals surface area contributed by atoms with Crippen molar-refractivity contribution in [1.29, 1.82) is 0 Å². The van der Waals surface area contributed by atoms with Crippen molar-refractivity contribution in [3.8, 4) is 5.75 Å². The number of alkyl halides is 1. The number of nitrogens with two attached hydrogens (primary N) is 2. The van der Waals surface area contributed by atoms with Crippen LogP contribution in [-0.2, 0) is 10.0 Å². The fourth-order valence-corrected chi connectivity index (χ4v) is 2.26. The predicted octanol–water partition coefficient (Wildman–Crippen LogP) is 0.970. The molecule has 4 N–H and O–H groups in total. The Balaban J connectivity index is 3.33. The number of ether oxygens (including phenoxy) is 1. The van der Waals surface area contributed by atoms with Crippen LogP contribution in [0.3, 0.4) is 0 Å². The summed E-state index contributed by atoms with van der Waals surface area (Å²) < 4.78 is 27.7. The molecule has 0 heterocycles. The Bertz CT molecular complexity index is 502. The molecule has 1 aromatic carbocycles. The largest absolute Gasteiger partial charge is 0.495 e. The number of hydrogen-bond donors (Lipinski definition) is 2. The van der Waals surface area contributed by atoms with E-state index in [1.54, 1.807) is 13.0 Å². The minimum atomic E-state index is -3.85. The number of methoxy groups -OCH3 is 1. The summed E-state index contributed by atoms with van der Waals surface area (Å²) in [6.45, 7) is 1.73. The Hall–Kier alpha value is -0.820. The molecule has 96 valence electrons. The third kappa shape index (κ3) is 3.32. The fraction of sp³-hybridized carbons (Fsp3) is 0.400. The maximum Gasteiger partial charge on any atom is 0.241 e. The van der Waals surface area contributed by atoms with Gasteiger partial charge in [0.25, 0.3) is 0 Å². The highest BCUT2D eigenvalue weighted by Gasteiger charge is 2.19. The first-order valence-corrected chi connectivity index (χ1v) is 6.86. The standard InChI is InChI=1S/C10H15ClN2O3S/c1-6(12)10(11)7-3-4-8(16-2)9(5-7)17(13,14)15/h3-6,10H,12H2,1-2H3,(H2,13,14,15)/t6-,10+/m1/s1. The summed E-state index contributed by atoms with van der Waals surface area (Å²) in [6.07, 6.45) is 0. The molecule has 0 saturated heterocycles. The lowest BCUT2D eigenvalue weighted by Gasteiger charge is -2.15. The van der Waals surface area contributed by atoms with Gasteiger partial charge < -0.3 is 10.5 Å². The number of halogens is 1. The molecule has 0 aromatic heterocycles. The minimum Gasteiger partial charge on any atom is -0.495 e. The molecule has 1 aromatic rings. The summed E-state index contributed by atoms with van der Waals surface area (Å²) in [6, 6.07) is 4.25. The molecule has 0 aliphatic heterocycles. The molecule has 1 rings (SSSR count). The predicted molar refractivity (Wildman–Crippen MR) is 66.6 cm³/mol. The Morgan fingerprint density at radius 3 is 2.41 bits per heavy atom. The van der Waals surface area contributed by atoms with Gasteiger partial charge in [-0.3, -0.25) is 0 Å². The zero-order valence-electron chi connectivity index (χ0n) is 9.55. The molecule has 0 saturated carbocycles. The average molecular weight is 279 g/mol. The van der Waals surface area contributed by atoms with Crippen LogP contribution in [0.4, 0.5) is 0 Å². The Kier molecular flexibility index (Phi) is 4.37. The highest BCUT2D eigenvalue weighted by Crippen LogP contribution is 2.30. The van der Waals surface area contributed by atoms with Crippen LogP contribution < -0.4 is 15.6 Å². The monoisotopic (exact) mass is 278 g/mol. The van der Waals surface area contributed by atoms with Crippen molar-refractivity contribution in [2.24, 2.45) is 10.9 Å². The highest BCUT2D eigenvalue weighted by molar-refractivity contribution is 7.89. The van der Waals surface area contributed by atoms with Crippen LogP contribution in [0.2, 0.25) is 0 Å². The van der Waals surface area contributed by atoms with E-state index in [1.807, 2.05) is 0 Å². The molecule has 0 bridgehead atoms. The van der Waals surface area contributed by atoms with Gasteiger partial charge in [0.2, 0.25) is 10.0 Å². The van der Waals surface area contributed by atoms with Crippen LogP contribution in [0, 0.1) is 0 Å². The van der Waals surface area contributed by atoms with Gasteiger partial charge in [0, 0.05) is 6.04 Å². The molecular formula is C10H15ClN2O3S. The molecule has 0 spiro atoms. The molecule has 7 heteroatoms. The topological polar surface area (TPSA) is 95.4 Å². The first-order valence-electron chi connectivity index (χ1n) is 4.87. The van der Waals surface area contributed by atoms with E-state index in [4.69, 9.17) is 27.2 Å². The second-order valence-electron chi connectivity index (χ2n) is 3.72. The zero-order chi connectivity index (χ0) is 13.2. The molecule has 0 aliphatic carbocycles. The zero-order valence-corrected chi connectivity index (χ0v) is 11.1. The van der Waals surface area contributed by atoms with Gasteiger partial charge in [-0.2, -0.15) is 0 Å². The van der Waals surface area contributed by atoms with Crippen molar-refractivity contribution < 1.29 is 13.2 Å². The van der Waals surface area contributed by atoms with Crippen LogP contribution in [0.1, 0.15) is 17.9 Å². The second kappa shape index (κ2) is 5.22. The third-order valence-corrected chi connectivity index (χ3v) is 3.86. The Morgan fingerprint density at radius 2 is 2.00 bits per heavy atom. The summed E-state index contributed by atoms with van der Waals surface area (Å²) in [5.74, 6) is 0.185. The first-order chi connectivity index (χ1) is 7.77. The number of rotatable bonds is 4. The lowest BCUT2D eigenvalue weighted by atomic mass is 10.1. The van der Waals surface area contributed by atoms with Gasteiger partial charge in [0.05, 0.1) is 12.5 Å². The molecule has 5 nitrogen and oxygen atoms in total. The average Bonchev–Trinajstić information content (AvgIpc) is 2.25. The van der Waals surface area contributed by atoms with Gasteiger partial charge in [-0.1, -0.05) is 6.07 Å². The van der Waals surface area contributed by atoms with Crippen molar-refractivity contribution in [1.82, 2.24) is 0 Å². The van der Waals surface area contributed by atoms with Crippen LogP contribution in [0.15, 0.2) is 23.1 Å². The molecule has 0 unspecified atom stereocenters. The number of sulfonamides is 1. The van der Waals surface area contributed by atoms with Gasteiger partial charge in [0.1, 0.15) is 10.6 Å². The summed E-state index contributed by atoms with van der Waals surface area (Å²) in [5.41, 5.74) is 6.24. The molecule has 0 aliphatic rings. The number of primary sulfonamides is 1. The lowest BCUT2D eigenvalue weighted by Crippen LogP contribution is -2.21. The van der Waals surface area contributed by atoms with Crippen LogP contribution in [0.5, 0.6) is 5.75 Å². The number of hydrogen-bond acceptors (Lipinski definition) is 4. The summed E-state index contributed by atoms with van der Waals surface area (Å²) >= 11 is 6.06. The van der Waals surface area contributed by atoms with E-state index in [9.17, 15) is 8.42 Å². The van der Waals surface area contributed by atoms with E-state index in [0.717, 1.165) is 0 Å². The van der Waals surface area contributed by atoms with Gasteiger partial charge in [-0.25, -0.2) is 13.6 Å². The quantitative estimate of drug-likeness (QED) is 0.802. The maximum atomic E-state index is 11.4. The fourth-order valence-electron chi connectivity index (χ4n) is 1.39. The van der Waals surface area contributed by atoms with Crippen molar-refractivity contribution in [3.63, 3.8) is 0 Å². The van der Waals surface area contributed by atoms with Crippen molar-refractivity contribution in [3.05, 3.63) is 23.8 Å². The third-order valence-electron chi connectivity index (χ3n) is 2.27. The molecular weight excluding hydrogens is 264 g/mol. The maximum absolute atomic E-state index is 11.4. The summed E-state index contributed by atoms with van der Waals surface area (Å²) in [7, 11) is -2.48. The summed E-state index contributed by atoms with van der Waals surface area (Å²) in [5, 5.41) is 4.61. The van der Waals surface area contributed by atoms with Gasteiger partial charge in [0.15, 0.2) is 0 Å². The van der Waals surface area contributed by atoms with E-state index >= 15 is 0 Å². The molecule has 2 atom stereocenters. The smallest absolute Gasteiger partial charge is 0.241 e. The van der Waals surface area contributed by atoms with E-state index < -0.39 is 15.4 Å². The van der Waals surface area contributed by atoms with Gasteiger partial charge in [-0.05, 0) is 24.6 Å². The highest BCUT2D eigenvalue weighted by atomic mass is 35.5. The Labute approximate surface area is 106 Å². The van der Waals surface area contributed by atoms with Gasteiger partial charge in [-0.15, -0.1) is 11.6 Å².